The van der Waals surface area contributed by atoms with Crippen LogP contribution in [0.1, 0.15) is 28.2 Å². The number of aryl methyl sites for hydroxylation is 2. The van der Waals surface area contributed by atoms with Gasteiger partial charge in [0.1, 0.15) is 0 Å². The number of imidazole rings is 1. The van der Waals surface area contributed by atoms with Gasteiger partial charge >= 0.3 is 0 Å². The first-order chi connectivity index (χ1) is 9.65. The Kier molecular flexibility index (Phi) is 3.24. The number of aliphatic hydroxyl groups is 1. The first-order valence-corrected chi connectivity index (χ1v) is 6.66. The zero-order chi connectivity index (χ0) is 14.1. The van der Waals surface area contributed by atoms with Crippen LogP contribution in [0.25, 0.3) is 5.78 Å². The first-order valence-electron chi connectivity index (χ1n) is 6.66. The van der Waals surface area contributed by atoms with E-state index < -0.39 is 0 Å². The summed E-state index contributed by atoms with van der Waals surface area (Å²) >= 11 is 0. The maximum Gasteiger partial charge on any atom is 0.234 e. The third-order valence-corrected chi connectivity index (χ3v) is 3.40. The molecule has 1 aromatic carbocycles. The first kappa shape index (κ1) is 12.8. The summed E-state index contributed by atoms with van der Waals surface area (Å²) < 4.78 is 2.02. The summed E-state index contributed by atoms with van der Waals surface area (Å²) in [6.45, 7) is 4.12. The monoisotopic (exact) mass is 267 g/mol. The summed E-state index contributed by atoms with van der Waals surface area (Å²) in [7, 11) is 0. The summed E-state index contributed by atoms with van der Waals surface area (Å²) in [4.78, 5) is 9.02. The fourth-order valence-electron chi connectivity index (χ4n) is 2.38. The molecule has 0 unspecified atom stereocenters. The van der Waals surface area contributed by atoms with E-state index in [0.29, 0.717) is 0 Å². The van der Waals surface area contributed by atoms with Crippen LogP contribution in [0.2, 0.25) is 0 Å². The third kappa shape index (κ3) is 2.42. The highest BCUT2D eigenvalue weighted by atomic mass is 16.3. The molecule has 0 atom stereocenters. The van der Waals surface area contributed by atoms with E-state index in [1.165, 1.54) is 5.56 Å². The molecule has 20 heavy (non-hydrogen) atoms. The van der Waals surface area contributed by atoms with Crippen LogP contribution in [0.3, 0.4) is 0 Å². The lowest BCUT2D eigenvalue weighted by Crippen LogP contribution is -1.94. The molecule has 0 aliphatic carbocycles. The van der Waals surface area contributed by atoms with Crippen molar-refractivity contribution < 1.29 is 5.11 Å². The molecule has 0 saturated heterocycles. The second-order valence-electron chi connectivity index (χ2n) is 5.09. The number of aliphatic hydroxyl groups excluding tert-OH is 1. The molecular formula is C16H17N3O. The zero-order valence-corrected chi connectivity index (χ0v) is 11.7. The Morgan fingerprint density at radius 1 is 1.05 bits per heavy atom. The maximum absolute atomic E-state index is 9.05. The molecule has 2 heterocycles. The second-order valence-corrected chi connectivity index (χ2v) is 5.09. The summed E-state index contributed by atoms with van der Waals surface area (Å²) in [5.74, 6) is 0.754. The van der Waals surface area contributed by atoms with Gasteiger partial charge in [-0.1, -0.05) is 24.3 Å². The molecule has 0 saturated carbocycles. The molecule has 2 aromatic heterocycles. The van der Waals surface area contributed by atoms with Gasteiger partial charge in [-0.3, -0.25) is 4.40 Å². The topological polar surface area (TPSA) is 50.4 Å². The smallest absolute Gasteiger partial charge is 0.234 e. The highest BCUT2D eigenvalue weighted by Gasteiger charge is 2.06. The molecular weight excluding hydrogens is 250 g/mol. The SMILES string of the molecule is Cc1cc(C)n2cc(Cc3ccc(CO)cc3)nc2n1. The molecule has 3 aromatic rings. The van der Waals surface area contributed by atoms with Crippen molar-refractivity contribution in [1.82, 2.24) is 14.4 Å². The molecule has 102 valence electrons. The Morgan fingerprint density at radius 3 is 2.45 bits per heavy atom. The summed E-state index contributed by atoms with van der Waals surface area (Å²) in [5, 5.41) is 9.05. The van der Waals surface area contributed by atoms with Gasteiger partial charge < -0.3 is 5.11 Å². The van der Waals surface area contributed by atoms with Gasteiger partial charge in [0.15, 0.2) is 0 Å². The van der Waals surface area contributed by atoms with Gasteiger partial charge in [0.05, 0.1) is 12.3 Å². The van der Waals surface area contributed by atoms with E-state index in [4.69, 9.17) is 5.11 Å². The highest BCUT2D eigenvalue weighted by molar-refractivity contribution is 5.36. The van der Waals surface area contributed by atoms with Gasteiger partial charge in [0, 0.05) is 24.0 Å². The lowest BCUT2D eigenvalue weighted by molar-refractivity contribution is 0.282. The van der Waals surface area contributed by atoms with E-state index in [1.54, 1.807) is 0 Å². The number of aromatic nitrogens is 3. The molecule has 0 radical (unpaired) electrons. The van der Waals surface area contributed by atoms with Crippen LogP contribution in [-0.4, -0.2) is 19.5 Å². The molecule has 0 aliphatic rings. The van der Waals surface area contributed by atoms with Crippen molar-refractivity contribution in [2.45, 2.75) is 26.9 Å². The van der Waals surface area contributed by atoms with Crippen LogP contribution in [-0.2, 0) is 13.0 Å². The third-order valence-electron chi connectivity index (χ3n) is 3.40. The lowest BCUT2D eigenvalue weighted by atomic mass is 10.1. The maximum atomic E-state index is 9.05. The van der Waals surface area contributed by atoms with Gasteiger partial charge in [-0.15, -0.1) is 0 Å². The molecule has 0 amide bonds. The van der Waals surface area contributed by atoms with Crippen molar-refractivity contribution in [3.05, 3.63) is 64.7 Å². The Bertz CT molecular complexity index is 744. The molecule has 0 fully saturated rings. The van der Waals surface area contributed by atoms with E-state index in [-0.39, 0.29) is 6.61 Å². The van der Waals surface area contributed by atoms with E-state index in [0.717, 1.165) is 34.8 Å². The van der Waals surface area contributed by atoms with Gasteiger partial charge in [0.25, 0.3) is 0 Å². The lowest BCUT2D eigenvalue weighted by Gasteiger charge is -2.00. The number of nitrogens with zero attached hydrogens (tertiary/aromatic N) is 3. The average molecular weight is 267 g/mol. The van der Waals surface area contributed by atoms with Gasteiger partial charge in [-0.05, 0) is 31.0 Å². The van der Waals surface area contributed by atoms with Crippen molar-refractivity contribution >= 4 is 5.78 Å². The van der Waals surface area contributed by atoms with Crippen molar-refractivity contribution in [3.63, 3.8) is 0 Å². The molecule has 4 heteroatoms. The van der Waals surface area contributed by atoms with Crippen LogP contribution >= 0.6 is 0 Å². The van der Waals surface area contributed by atoms with E-state index in [2.05, 4.69) is 23.0 Å². The summed E-state index contributed by atoms with van der Waals surface area (Å²) in [5.41, 5.74) is 5.24. The predicted octanol–water partition coefficient (Wildman–Crippen LogP) is 2.43. The average Bonchev–Trinajstić information content (AvgIpc) is 2.82. The minimum atomic E-state index is 0.0804. The number of fused-ring (bicyclic) bond motifs is 1. The fraction of sp³-hybridized carbons (Fsp3) is 0.250. The van der Waals surface area contributed by atoms with Crippen molar-refractivity contribution in [2.24, 2.45) is 0 Å². The summed E-state index contributed by atoms with van der Waals surface area (Å²) in [6.07, 6.45) is 2.81. The fourth-order valence-corrected chi connectivity index (χ4v) is 2.38. The van der Waals surface area contributed by atoms with Gasteiger partial charge in [0.2, 0.25) is 5.78 Å². The molecule has 1 N–H and O–H groups in total. The highest BCUT2D eigenvalue weighted by Crippen LogP contribution is 2.13. The summed E-state index contributed by atoms with van der Waals surface area (Å²) in [6, 6.07) is 9.99. The van der Waals surface area contributed by atoms with Gasteiger partial charge in [-0.2, -0.15) is 0 Å². The number of hydrogen-bond acceptors (Lipinski definition) is 3. The molecule has 0 spiro atoms. The largest absolute Gasteiger partial charge is 0.392 e. The Morgan fingerprint density at radius 2 is 1.75 bits per heavy atom. The molecule has 0 bridgehead atoms. The molecule has 3 rings (SSSR count). The Hall–Kier alpha value is -2.20. The zero-order valence-electron chi connectivity index (χ0n) is 11.7. The number of benzene rings is 1. The van der Waals surface area contributed by atoms with Crippen molar-refractivity contribution in [1.29, 1.82) is 0 Å². The van der Waals surface area contributed by atoms with Crippen LogP contribution in [0, 0.1) is 13.8 Å². The molecule has 0 aliphatic heterocycles. The van der Waals surface area contributed by atoms with E-state index in [1.807, 2.05) is 41.8 Å². The van der Waals surface area contributed by atoms with Crippen LogP contribution in [0.4, 0.5) is 0 Å². The normalized spacial score (nSPS) is 11.2. The van der Waals surface area contributed by atoms with Crippen molar-refractivity contribution in [2.75, 3.05) is 0 Å². The molecule has 4 nitrogen and oxygen atoms in total. The minimum absolute atomic E-state index is 0.0804. The second kappa shape index (κ2) is 5.06. The quantitative estimate of drug-likeness (QED) is 0.793. The predicted molar refractivity (Wildman–Crippen MR) is 77.6 cm³/mol. The van der Waals surface area contributed by atoms with Crippen LogP contribution < -0.4 is 0 Å². The number of rotatable bonds is 3. The Labute approximate surface area is 117 Å². The standard InChI is InChI=1S/C16H17N3O/c1-11-7-12(2)19-9-15(18-16(19)17-11)8-13-3-5-14(10-20)6-4-13/h3-7,9,20H,8,10H2,1-2H3. The van der Waals surface area contributed by atoms with E-state index in [9.17, 15) is 0 Å². The van der Waals surface area contributed by atoms with Crippen LogP contribution in [0.5, 0.6) is 0 Å². The van der Waals surface area contributed by atoms with E-state index >= 15 is 0 Å². The number of hydrogen-bond donors (Lipinski definition) is 1. The van der Waals surface area contributed by atoms with Gasteiger partial charge in [-0.25, -0.2) is 9.97 Å². The van der Waals surface area contributed by atoms with Crippen molar-refractivity contribution in [3.8, 4) is 0 Å². The van der Waals surface area contributed by atoms with Crippen LogP contribution in [0.15, 0.2) is 36.5 Å². The Balaban J connectivity index is 1.92. The minimum Gasteiger partial charge on any atom is -0.392 e.